The first-order valence-electron chi connectivity index (χ1n) is 7.04. The van der Waals surface area contributed by atoms with E-state index < -0.39 is 11.9 Å². The van der Waals surface area contributed by atoms with E-state index in [4.69, 9.17) is 10.2 Å². The number of carbonyl (C=O) groups is 2. The van der Waals surface area contributed by atoms with Gasteiger partial charge in [0.2, 0.25) is 0 Å². The molecule has 118 valence electrons. The van der Waals surface area contributed by atoms with E-state index in [9.17, 15) is 9.59 Å². The van der Waals surface area contributed by atoms with E-state index >= 15 is 0 Å². The van der Waals surface area contributed by atoms with Crippen LogP contribution in [0.25, 0.3) is 0 Å². The van der Waals surface area contributed by atoms with Crippen molar-refractivity contribution in [2.45, 2.75) is 13.8 Å². The molecule has 1 fully saturated rings. The first-order valence-corrected chi connectivity index (χ1v) is 7.04. The molecule has 0 atom stereocenters. The molecule has 0 bridgehead atoms. The lowest BCUT2D eigenvalue weighted by Crippen LogP contribution is -2.40. The zero-order chi connectivity index (χ0) is 15.5. The van der Waals surface area contributed by atoms with Crippen LogP contribution in [0.3, 0.4) is 0 Å². The van der Waals surface area contributed by atoms with Crippen molar-refractivity contribution in [2.75, 3.05) is 59.4 Å². The molecule has 1 heterocycles. The van der Waals surface area contributed by atoms with Crippen molar-refractivity contribution in [3.8, 4) is 0 Å². The van der Waals surface area contributed by atoms with Crippen molar-refractivity contribution in [1.29, 1.82) is 0 Å². The third kappa shape index (κ3) is 8.84. The Balaban J connectivity index is 0.00000172. The average Bonchev–Trinajstić information content (AvgIpc) is 2.46. The molecule has 1 saturated heterocycles. The summed E-state index contributed by atoms with van der Waals surface area (Å²) < 4.78 is 0. The number of hydrogen-bond acceptors (Lipinski definition) is 5. The van der Waals surface area contributed by atoms with Gasteiger partial charge in [0.05, 0.1) is 13.1 Å². The molecule has 0 aliphatic carbocycles. The molecule has 20 heavy (non-hydrogen) atoms. The summed E-state index contributed by atoms with van der Waals surface area (Å²) in [6.07, 6.45) is 0. The highest BCUT2D eigenvalue weighted by atomic mass is 16.4. The summed E-state index contributed by atoms with van der Waals surface area (Å²) in [4.78, 5) is 27.2. The molecule has 0 saturated carbocycles. The van der Waals surface area contributed by atoms with E-state index in [2.05, 4.69) is 4.90 Å². The van der Waals surface area contributed by atoms with Crippen molar-refractivity contribution in [3.63, 3.8) is 0 Å². The molecule has 1 aliphatic rings. The highest BCUT2D eigenvalue weighted by Gasteiger charge is 2.17. The molecule has 0 amide bonds. The van der Waals surface area contributed by atoms with E-state index in [-0.39, 0.29) is 13.1 Å². The number of hydrogen-bond donors (Lipinski definition) is 2. The average molecular weight is 289 g/mol. The van der Waals surface area contributed by atoms with Gasteiger partial charge in [-0.25, -0.2) is 0 Å². The molecule has 1 aliphatic heterocycles. The Labute approximate surface area is 120 Å². The summed E-state index contributed by atoms with van der Waals surface area (Å²) in [7, 11) is 1.96. The quantitative estimate of drug-likeness (QED) is 0.737. The van der Waals surface area contributed by atoms with Crippen LogP contribution in [-0.4, -0.2) is 96.3 Å². The second kappa shape index (κ2) is 10.6. The molecule has 2 N–H and O–H groups in total. The summed E-state index contributed by atoms with van der Waals surface area (Å²) in [5.74, 6) is -1.69. The van der Waals surface area contributed by atoms with Crippen LogP contribution < -0.4 is 0 Å². The van der Waals surface area contributed by atoms with Crippen molar-refractivity contribution in [3.05, 3.63) is 0 Å². The number of rotatable bonds is 4. The van der Waals surface area contributed by atoms with Crippen LogP contribution in [0.5, 0.6) is 0 Å². The molecule has 0 spiro atoms. The van der Waals surface area contributed by atoms with Gasteiger partial charge in [0.1, 0.15) is 0 Å². The maximum atomic E-state index is 10.7. The van der Waals surface area contributed by atoms with Gasteiger partial charge in [0, 0.05) is 39.3 Å². The molecular weight excluding hydrogens is 262 g/mol. The van der Waals surface area contributed by atoms with Gasteiger partial charge in [0.25, 0.3) is 0 Å². The van der Waals surface area contributed by atoms with Gasteiger partial charge in [-0.1, -0.05) is 13.8 Å². The molecule has 1 rings (SSSR count). The second-order valence-electron chi connectivity index (χ2n) is 4.64. The van der Waals surface area contributed by atoms with E-state index in [1.807, 2.05) is 30.7 Å². The van der Waals surface area contributed by atoms with Gasteiger partial charge in [-0.15, -0.1) is 0 Å². The fraction of sp³-hybridized carbons (Fsp3) is 0.846. The van der Waals surface area contributed by atoms with Crippen LogP contribution in [0.4, 0.5) is 0 Å². The van der Waals surface area contributed by atoms with Crippen molar-refractivity contribution in [1.82, 2.24) is 14.7 Å². The monoisotopic (exact) mass is 289 g/mol. The van der Waals surface area contributed by atoms with Gasteiger partial charge in [0.15, 0.2) is 0 Å². The largest absolute Gasteiger partial charge is 0.480 e. The molecule has 0 aromatic carbocycles. The molecule has 0 aromatic rings. The van der Waals surface area contributed by atoms with Gasteiger partial charge in [-0.2, -0.15) is 0 Å². The number of nitrogens with zero attached hydrogens (tertiary/aromatic N) is 3. The third-order valence-corrected chi connectivity index (χ3v) is 3.05. The predicted molar refractivity (Wildman–Crippen MR) is 77.0 cm³/mol. The molecule has 7 nitrogen and oxygen atoms in total. The fourth-order valence-corrected chi connectivity index (χ4v) is 1.94. The van der Waals surface area contributed by atoms with Gasteiger partial charge in [-0.05, 0) is 7.05 Å². The molecule has 7 heteroatoms. The Bertz CT molecular complexity index is 271. The van der Waals surface area contributed by atoms with E-state index in [1.165, 1.54) is 0 Å². The standard InChI is InChI=1S/C11H21N3O4.C2H6/c1-12-2-4-13(8-10(15)16)6-7-14(5-3-12)9-11(17)18;1-2/h2-9H2,1H3,(H,15,16)(H,17,18);1-2H3. The normalized spacial score (nSPS) is 19.1. The molecule has 0 radical (unpaired) electrons. The minimum Gasteiger partial charge on any atom is -0.480 e. The Kier molecular flexibility index (Phi) is 9.96. The third-order valence-electron chi connectivity index (χ3n) is 3.05. The number of aliphatic carboxylic acids is 2. The zero-order valence-corrected chi connectivity index (χ0v) is 12.7. The molecule has 0 unspecified atom stereocenters. The highest BCUT2D eigenvalue weighted by molar-refractivity contribution is 5.69. The van der Waals surface area contributed by atoms with Crippen molar-refractivity contribution >= 4 is 11.9 Å². The Morgan fingerprint density at radius 3 is 1.40 bits per heavy atom. The van der Waals surface area contributed by atoms with Crippen molar-refractivity contribution < 1.29 is 19.8 Å². The van der Waals surface area contributed by atoms with E-state index in [0.717, 1.165) is 13.1 Å². The van der Waals surface area contributed by atoms with Crippen LogP contribution in [-0.2, 0) is 9.59 Å². The first kappa shape index (κ1) is 18.8. The summed E-state index contributed by atoms with van der Waals surface area (Å²) >= 11 is 0. The van der Waals surface area contributed by atoms with E-state index in [0.29, 0.717) is 26.2 Å². The Hall–Kier alpha value is -1.18. The van der Waals surface area contributed by atoms with Crippen LogP contribution in [0.2, 0.25) is 0 Å². The first-order chi connectivity index (χ1) is 9.47. The smallest absolute Gasteiger partial charge is 0.317 e. The SMILES string of the molecule is CC.CN1CCN(CC(=O)O)CCN(CC(=O)O)CC1. The van der Waals surface area contributed by atoms with Crippen LogP contribution in [0.15, 0.2) is 0 Å². The lowest BCUT2D eigenvalue weighted by atomic mass is 10.4. The Morgan fingerprint density at radius 1 is 0.800 bits per heavy atom. The highest BCUT2D eigenvalue weighted by Crippen LogP contribution is 1.99. The number of carboxylic acids is 2. The maximum absolute atomic E-state index is 10.7. The zero-order valence-electron chi connectivity index (χ0n) is 12.7. The van der Waals surface area contributed by atoms with Crippen LogP contribution in [0, 0.1) is 0 Å². The summed E-state index contributed by atoms with van der Waals surface area (Å²) in [5, 5.41) is 17.6. The lowest BCUT2D eigenvalue weighted by Gasteiger charge is -2.23. The van der Waals surface area contributed by atoms with E-state index in [1.54, 1.807) is 0 Å². The molecular formula is C13H27N3O4. The minimum atomic E-state index is -0.846. The molecule has 0 aromatic heterocycles. The number of carboxylic acid groups (broad SMARTS) is 2. The summed E-state index contributed by atoms with van der Waals surface area (Å²) in [6.45, 7) is 8.19. The van der Waals surface area contributed by atoms with Crippen LogP contribution >= 0.6 is 0 Å². The van der Waals surface area contributed by atoms with Gasteiger partial charge < -0.3 is 15.1 Å². The van der Waals surface area contributed by atoms with Crippen LogP contribution in [0.1, 0.15) is 13.8 Å². The maximum Gasteiger partial charge on any atom is 0.317 e. The predicted octanol–water partition coefficient (Wildman–Crippen LogP) is -0.269. The lowest BCUT2D eigenvalue weighted by molar-refractivity contribution is -0.140. The topological polar surface area (TPSA) is 84.3 Å². The van der Waals surface area contributed by atoms with Gasteiger partial charge in [-0.3, -0.25) is 19.4 Å². The van der Waals surface area contributed by atoms with Crippen molar-refractivity contribution in [2.24, 2.45) is 0 Å². The second-order valence-corrected chi connectivity index (χ2v) is 4.64. The Morgan fingerprint density at radius 2 is 1.10 bits per heavy atom. The minimum absolute atomic E-state index is 0.00868. The summed E-state index contributed by atoms with van der Waals surface area (Å²) in [6, 6.07) is 0. The fourth-order valence-electron chi connectivity index (χ4n) is 1.94. The van der Waals surface area contributed by atoms with Gasteiger partial charge >= 0.3 is 11.9 Å². The number of likely N-dealkylation sites (N-methyl/N-ethyl adjacent to an activating group) is 1. The summed E-state index contributed by atoms with van der Waals surface area (Å²) in [5.41, 5.74) is 0.